The Kier molecular flexibility index (Phi) is 2.88. The van der Waals surface area contributed by atoms with Gasteiger partial charge in [-0.2, -0.15) is 0 Å². The van der Waals surface area contributed by atoms with Crippen molar-refractivity contribution in [3.05, 3.63) is 15.6 Å². The van der Waals surface area contributed by atoms with E-state index in [1.54, 1.807) is 0 Å². The topological polar surface area (TPSA) is 38.9 Å². The van der Waals surface area contributed by atoms with E-state index in [1.807, 2.05) is 11.3 Å². The molecule has 78 valence electrons. The number of hydrogen-bond acceptors (Lipinski definition) is 3. The van der Waals surface area contributed by atoms with Crippen LogP contribution in [0.15, 0.2) is 0 Å². The summed E-state index contributed by atoms with van der Waals surface area (Å²) in [4.78, 5) is 6.22. The van der Waals surface area contributed by atoms with Gasteiger partial charge in [-0.05, 0) is 18.8 Å². The van der Waals surface area contributed by atoms with Gasteiger partial charge in [-0.3, -0.25) is 0 Å². The second-order valence-electron chi connectivity index (χ2n) is 4.49. The SMILES string of the molecule is CC(C)Cc1nc2c(s1)CCC2CN. The van der Waals surface area contributed by atoms with E-state index in [2.05, 4.69) is 13.8 Å². The van der Waals surface area contributed by atoms with Gasteiger partial charge in [-0.1, -0.05) is 13.8 Å². The molecule has 1 aliphatic rings. The molecule has 0 saturated carbocycles. The summed E-state index contributed by atoms with van der Waals surface area (Å²) < 4.78 is 0. The van der Waals surface area contributed by atoms with Crippen molar-refractivity contribution >= 4 is 11.3 Å². The van der Waals surface area contributed by atoms with Crippen molar-refractivity contribution in [2.45, 2.75) is 39.0 Å². The summed E-state index contributed by atoms with van der Waals surface area (Å²) in [6.45, 7) is 5.25. The van der Waals surface area contributed by atoms with Crippen LogP contribution < -0.4 is 5.73 Å². The predicted molar refractivity (Wildman–Crippen MR) is 60.8 cm³/mol. The Balaban J connectivity index is 2.17. The Labute approximate surface area is 89.5 Å². The minimum Gasteiger partial charge on any atom is -0.330 e. The smallest absolute Gasteiger partial charge is 0.0933 e. The van der Waals surface area contributed by atoms with Crippen LogP contribution in [0, 0.1) is 5.92 Å². The van der Waals surface area contributed by atoms with Gasteiger partial charge in [-0.25, -0.2) is 4.98 Å². The molecule has 1 aliphatic carbocycles. The Bertz CT molecular complexity index is 317. The van der Waals surface area contributed by atoms with Crippen LogP contribution in [0.2, 0.25) is 0 Å². The first-order valence-corrected chi connectivity index (χ1v) is 6.21. The Morgan fingerprint density at radius 1 is 1.57 bits per heavy atom. The molecule has 1 heterocycles. The lowest BCUT2D eigenvalue weighted by Gasteiger charge is -2.04. The summed E-state index contributed by atoms with van der Waals surface area (Å²) in [5, 5.41) is 1.31. The molecule has 1 aromatic heterocycles. The normalized spacial score (nSPS) is 20.4. The van der Waals surface area contributed by atoms with Crippen molar-refractivity contribution < 1.29 is 0 Å². The highest BCUT2D eigenvalue weighted by Gasteiger charge is 2.25. The first kappa shape index (κ1) is 10.1. The van der Waals surface area contributed by atoms with E-state index in [-0.39, 0.29) is 0 Å². The Hall–Kier alpha value is -0.410. The third-order valence-electron chi connectivity index (χ3n) is 2.75. The standard InChI is InChI=1S/C11H18N2S/c1-7(2)5-10-13-11-8(6-12)3-4-9(11)14-10/h7-8H,3-6,12H2,1-2H3. The lowest BCUT2D eigenvalue weighted by atomic mass is 10.1. The molecule has 2 rings (SSSR count). The molecule has 0 saturated heterocycles. The molecule has 0 radical (unpaired) electrons. The van der Waals surface area contributed by atoms with E-state index < -0.39 is 0 Å². The number of fused-ring (bicyclic) bond motifs is 1. The van der Waals surface area contributed by atoms with Crippen LogP contribution in [-0.4, -0.2) is 11.5 Å². The lowest BCUT2D eigenvalue weighted by Crippen LogP contribution is -2.10. The first-order valence-electron chi connectivity index (χ1n) is 5.39. The highest BCUT2D eigenvalue weighted by atomic mass is 32.1. The minimum atomic E-state index is 0.544. The predicted octanol–water partition coefficient (Wildman–Crippen LogP) is 2.33. The van der Waals surface area contributed by atoms with Gasteiger partial charge in [0.1, 0.15) is 0 Å². The molecule has 1 atom stereocenters. The molecule has 3 heteroatoms. The highest BCUT2D eigenvalue weighted by molar-refractivity contribution is 7.11. The largest absolute Gasteiger partial charge is 0.330 e. The monoisotopic (exact) mass is 210 g/mol. The van der Waals surface area contributed by atoms with E-state index in [4.69, 9.17) is 10.7 Å². The van der Waals surface area contributed by atoms with E-state index in [0.717, 1.165) is 13.0 Å². The van der Waals surface area contributed by atoms with Crippen LogP contribution >= 0.6 is 11.3 Å². The van der Waals surface area contributed by atoms with Crippen LogP contribution in [0.1, 0.15) is 41.8 Å². The molecule has 1 aromatic rings. The molecule has 0 aliphatic heterocycles. The molecule has 2 N–H and O–H groups in total. The molecular weight excluding hydrogens is 192 g/mol. The van der Waals surface area contributed by atoms with Gasteiger partial charge in [-0.15, -0.1) is 11.3 Å². The fraction of sp³-hybridized carbons (Fsp3) is 0.727. The van der Waals surface area contributed by atoms with Crippen LogP contribution in [0.25, 0.3) is 0 Å². The summed E-state index contributed by atoms with van der Waals surface area (Å²) in [6, 6.07) is 0. The Morgan fingerprint density at radius 3 is 3.00 bits per heavy atom. The minimum absolute atomic E-state index is 0.544. The van der Waals surface area contributed by atoms with Gasteiger partial charge in [0.05, 0.1) is 10.7 Å². The van der Waals surface area contributed by atoms with Crippen molar-refractivity contribution in [3.8, 4) is 0 Å². The zero-order valence-corrected chi connectivity index (χ0v) is 9.73. The number of aromatic nitrogens is 1. The summed E-state index contributed by atoms with van der Waals surface area (Å²) in [6.07, 6.45) is 3.54. The summed E-state index contributed by atoms with van der Waals surface area (Å²) in [7, 11) is 0. The van der Waals surface area contributed by atoms with Gasteiger partial charge >= 0.3 is 0 Å². The van der Waals surface area contributed by atoms with Crippen molar-refractivity contribution in [1.82, 2.24) is 4.98 Å². The molecule has 1 unspecified atom stereocenters. The number of thiazole rings is 1. The van der Waals surface area contributed by atoms with E-state index >= 15 is 0 Å². The number of hydrogen-bond donors (Lipinski definition) is 1. The zero-order valence-electron chi connectivity index (χ0n) is 8.92. The van der Waals surface area contributed by atoms with Crippen LogP contribution in [-0.2, 0) is 12.8 Å². The van der Waals surface area contributed by atoms with E-state index in [9.17, 15) is 0 Å². The maximum Gasteiger partial charge on any atom is 0.0933 e. The van der Waals surface area contributed by atoms with Crippen LogP contribution in [0.5, 0.6) is 0 Å². The third kappa shape index (κ3) is 1.84. The third-order valence-corrected chi connectivity index (χ3v) is 3.90. The highest BCUT2D eigenvalue weighted by Crippen LogP contribution is 2.36. The van der Waals surface area contributed by atoms with Gasteiger partial charge in [0.15, 0.2) is 0 Å². The molecule has 0 aromatic carbocycles. The molecular formula is C11H18N2S. The molecule has 0 spiro atoms. The van der Waals surface area contributed by atoms with Crippen LogP contribution in [0.4, 0.5) is 0 Å². The molecule has 0 fully saturated rings. The van der Waals surface area contributed by atoms with Crippen molar-refractivity contribution in [3.63, 3.8) is 0 Å². The van der Waals surface area contributed by atoms with Crippen LogP contribution in [0.3, 0.4) is 0 Å². The van der Waals surface area contributed by atoms with Crippen molar-refractivity contribution in [1.29, 1.82) is 0 Å². The van der Waals surface area contributed by atoms with Gasteiger partial charge < -0.3 is 5.73 Å². The molecule has 0 bridgehead atoms. The number of nitrogens with two attached hydrogens (primary N) is 1. The second-order valence-corrected chi connectivity index (χ2v) is 5.65. The molecule has 2 nitrogen and oxygen atoms in total. The fourth-order valence-electron chi connectivity index (χ4n) is 2.02. The average Bonchev–Trinajstić information content (AvgIpc) is 2.61. The number of nitrogens with zero attached hydrogens (tertiary/aromatic N) is 1. The zero-order chi connectivity index (χ0) is 10.1. The van der Waals surface area contributed by atoms with Gasteiger partial charge in [0.2, 0.25) is 0 Å². The summed E-state index contributed by atoms with van der Waals surface area (Å²) >= 11 is 1.90. The Morgan fingerprint density at radius 2 is 2.36 bits per heavy atom. The maximum absolute atomic E-state index is 5.72. The van der Waals surface area contributed by atoms with E-state index in [1.165, 1.54) is 28.4 Å². The molecule has 14 heavy (non-hydrogen) atoms. The quantitative estimate of drug-likeness (QED) is 0.831. The lowest BCUT2D eigenvalue weighted by molar-refractivity contribution is 0.633. The maximum atomic E-state index is 5.72. The fourth-order valence-corrected chi connectivity index (χ4v) is 3.40. The van der Waals surface area contributed by atoms with Gasteiger partial charge in [0, 0.05) is 23.8 Å². The van der Waals surface area contributed by atoms with Gasteiger partial charge in [0.25, 0.3) is 0 Å². The number of aryl methyl sites for hydroxylation is 1. The summed E-state index contributed by atoms with van der Waals surface area (Å²) in [5.74, 6) is 1.25. The molecule has 0 amide bonds. The van der Waals surface area contributed by atoms with E-state index in [0.29, 0.717) is 11.8 Å². The second kappa shape index (κ2) is 3.99. The average molecular weight is 210 g/mol. The summed E-state index contributed by atoms with van der Waals surface area (Å²) in [5.41, 5.74) is 7.04. The van der Waals surface area contributed by atoms with Crippen molar-refractivity contribution in [2.75, 3.05) is 6.54 Å². The first-order chi connectivity index (χ1) is 6.70. The number of rotatable bonds is 3. The van der Waals surface area contributed by atoms with Crippen molar-refractivity contribution in [2.24, 2.45) is 11.7 Å².